The molecule has 0 aromatic carbocycles. The Hall–Kier alpha value is -0.870. The lowest BCUT2D eigenvalue weighted by Crippen LogP contribution is -2.27. The second-order valence-electron chi connectivity index (χ2n) is 4.26. The van der Waals surface area contributed by atoms with E-state index in [0.29, 0.717) is 0 Å². The lowest BCUT2D eigenvalue weighted by molar-refractivity contribution is -0.00463. The molecular weight excluding hydrogens is 194 g/mol. The summed E-state index contributed by atoms with van der Waals surface area (Å²) in [5.74, 6) is 0. The highest BCUT2D eigenvalue weighted by molar-refractivity contribution is 5.59. The van der Waals surface area contributed by atoms with Gasteiger partial charge in [0, 0.05) is 0 Å². The summed E-state index contributed by atoms with van der Waals surface area (Å²) in [6.45, 7) is 4.24. The lowest BCUT2D eigenvalue weighted by Gasteiger charge is -2.16. The molecule has 14 heavy (non-hydrogen) atoms. The molecule has 0 saturated heterocycles. The zero-order valence-electron chi connectivity index (χ0n) is 8.89. The van der Waals surface area contributed by atoms with E-state index < -0.39 is 30.7 Å². The SMILES string of the molecule is CC(C)(F)COC(=O)OCC(C)(C)F. The van der Waals surface area contributed by atoms with Crippen LogP contribution >= 0.6 is 0 Å². The Kier molecular flexibility index (Phi) is 4.29. The molecule has 0 spiro atoms. The fourth-order valence-electron chi connectivity index (χ4n) is 0.503. The van der Waals surface area contributed by atoms with Crippen molar-refractivity contribution in [2.45, 2.75) is 39.0 Å². The van der Waals surface area contributed by atoms with Crippen molar-refractivity contribution in [3.05, 3.63) is 0 Å². The summed E-state index contributed by atoms with van der Waals surface area (Å²) in [5, 5.41) is 0. The molecule has 0 fully saturated rings. The average molecular weight is 210 g/mol. The first-order valence-electron chi connectivity index (χ1n) is 4.27. The Morgan fingerprint density at radius 1 is 1.00 bits per heavy atom. The van der Waals surface area contributed by atoms with E-state index in [-0.39, 0.29) is 0 Å². The van der Waals surface area contributed by atoms with Crippen LogP contribution in [0.5, 0.6) is 0 Å². The van der Waals surface area contributed by atoms with Crippen LogP contribution in [-0.2, 0) is 9.47 Å². The van der Waals surface area contributed by atoms with Gasteiger partial charge >= 0.3 is 6.16 Å². The minimum Gasteiger partial charge on any atom is -0.431 e. The van der Waals surface area contributed by atoms with E-state index in [9.17, 15) is 13.6 Å². The van der Waals surface area contributed by atoms with Gasteiger partial charge in [0.2, 0.25) is 0 Å². The van der Waals surface area contributed by atoms with Gasteiger partial charge in [-0.1, -0.05) is 0 Å². The summed E-state index contributed by atoms with van der Waals surface area (Å²) in [6, 6.07) is 0. The molecule has 0 rings (SSSR count). The Bertz CT molecular complexity index is 171. The number of carbonyl (C=O) groups excluding carboxylic acids is 1. The van der Waals surface area contributed by atoms with Crippen molar-refractivity contribution in [2.24, 2.45) is 0 Å². The molecule has 0 atom stereocenters. The van der Waals surface area contributed by atoms with Gasteiger partial charge in [-0.15, -0.1) is 0 Å². The van der Waals surface area contributed by atoms with Crippen LogP contribution in [0.4, 0.5) is 13.6 Å². The van der Waals surface area contributed by atoms with Crippen LogP contribution in [0.15, 0.2) is 0 Å². The van der Waals surface area contributed by atoms with Crippen molar-refractivity contribution in [1.29, 1.82) is 0 Å². The highest BCUT2D eigenvalue weighted by atomic mass is 19.1. The standard InChI is InChI=1S/C9H16F2O3/c1-8(2,10)5-13-7(12)14-6-9(3,4)11/h5-6H2,1-4H3. The lowest BCUT2D eigenvalue weighted by atomic mass is 10.2. The van der Waals surface area contributed by atoms with E-state index in [1.165, 1.54) is 27.7 Å². The minimum atomic E-state index is -1.61. The van der Waals surface area contributed by atoms with E-state index in [4.69, 9.17) is 0 Å². The van der Waals surface area contributed by atoms with Crippen molar-refractivity contribution in [3.8, 4) is 0 Å². The number of alkyl halides is 2. The third-order valence-electron chi connectivity index (χ3n) is 1.07. The molecule has 0 aliphatic rings. The summed E-state index contributed by atoms with van der Waals surface area (Å²) in [6.07, 6.45) is -1.05. The van der Waals surface area contributed by atoms with E-state index in [2.05, 4.69) is 9.47 Å². The summed E-state index contributed by atoms with van der Waals surface area (Å²) >= 11 is 0. The summed E-state index contributed by atoms with van der Waals surface area (Å²) < 4.78 is 34.4. The predicted molar refractivity (Wildman–Crippen MR) is 47.7 cm³/mol. The van der Waals surface area contributed by atoms with Crippen LogP contribution in [0.25, 0.3) is 0 Å². The van der Waals surface area contributed by atoms with Crippen LogP contribution in [0, 0.1) is 0 Å². The van der Waals surface area contributed by atoms with Gasteiger partial charge in [-0.3, -0.25) is 0 Å². The van der Waals surface area contributed by atoms with Crippen molar-refractivity contribution in [3.63, 3.8) is 0 Å². The second-order valence-corrected chi connectivity index (χ2v) is 4.26. The second kappa shape index (κ2) is 4.57. The predicted octanol–water partition coefficient (Wildman–Crippen LogP) is 2.64. The molecule has 0 aliphatic carbocycles. The van der Waals surface area contributed by atoms with Crippen LogP contribution in [0.2, 0.25) is 0 Å². The maximum Gasteiger partial charge on any atom is 0.508 e. The summed E-state index contributed by atoms with van der Waals surface area (Å²) in [4.78, 5) is 10.8. The normalized spacial score (nSPS) is 12.4. The molecule has 0 aromatic rings. The van der Waals surface area contributed by atoms with Gasteiger partial charge in [-0.25, -0.2) is 13.6 Å². The Balaban J connectivity index is 3.68. The topological polar surface area (TPSA) is 35.5 Å². The highest BCUT2D eigenvalue weighted by Gasteiger charge is 2.22. The quantitative estimate of drug-likeness (QED) is 0.669. The van der Waals surface area contributed by atoms with Crippen molar-refractivity contribution >= 4 is 6.16 Å². The molecule has 0 N–H and O–H groups in total. The number of hydrogen-bond acceptors (Lipinski definition) is 3. The van der Waals surface area contributed by atoms with E-state index >= 15 is 0 Å². The van der Waals surface area contributed by atoms with Gasteiger partial charge in [0.05, 0.1) is 0 Å². The van der Waals surface area contributed by atoms with Gasteiger partial charge in [0.15, 0.2) is 0 Å². The van der Waals surface area contributed by atoms with Crippen LogP contribution in [0.3, 0.4) is 0 Å². The van der Waals surface area contributed by atoms with E-state index in [1.54, 1.807) is 0 Å². The third-order valence-corrected chi connectivity index (χ3v) is 1.07. The van der Waals surface area contributed by atoms with Gasteiger partial charge in [-0.05, 0) is 27.7 Å². The molecule has 0 heterocycles. The molecule has 0 bridgehead atoms. The van der Waals surface area contributed by atoms with Crippen molar-refractivity contribution < 1.29 is 23.0 Å². The molecule has 3 nitrogen and oxygen atoms in total. The van der Waals surface area contributed by atoms with Gasteiger partial charge in [0.25, 0.3) is 0 Å². The largest absolute Gasteiger partial charge is 0.508 e. The van der Waals surface area contributed by atoms with Crippen LogP contribution in [-0.4, -0.2) is 30.7 Å². The number of ether oxygens (including phenoxy) is 2. The van der Waals surface area contributed by atoms with Crippen LogP contribution < -0.4 is 0 Å². The smallest absolute Gasteiger partial charge is 0.431 e. The molecular formula is C9H16F2O3. The number of rotatable bonds is 4. The first kappa shape index (κ1) is 13.1. The molecule has 0 aliphatic heterocycles. The molecule has 0 unspecified atom stereocenters. The molecule has 0 aromatic heterocycles. The monoisotopic (exact) mass is 210 g/mol. The zero-order valence-corrected chi connectivity index (χ0v) is 8.89. The maximum atomic E-state index is 12.8. The fraction of sp³-hybridized carbons (Fsp3) is 0.889. The fourth-order valence-corrected chi connectivity index (χ4v) is 0.503. The molecule has 5 heteroatoms. The van der Waals surface area contributed by atoms with Gasteiger partial charge < -0.3 is 9.47 Å². The minimum absolute atomic E-state index is 0.404. The van der Waals surface area contributed by atoms with Gasteiger partial charge in [-0.2, -0.15) is 0 Å². The Labute approximate surface area is 82.4 Å². The Morgan fingerprint density at radius 3 is 1.50 bits per heavy atom. The summed E-state index contributed by atoms with van der Waals surface area (Å²) in [7, 11) is 0. The van der Waals surface area contributed by atoms with Crippen molar-refractivity contribution in [1.82, 2.24) is 0 Å². The zero-order chi connectivity index (χ0) is 11.4. The molecule has 84 valence electrons. The number of hydrogen-bond donors (Lipinski definition) is 0. The molecule has 0 saturated carbocycles. The van der Waals surface area contributed by atoms with Crippen LogP contribution in [0.1, 0.15) is 27.7 Å². The van der Waals surface area contributed by atoms with E-state index in [1.807, 2.05) is 0 Å². The Morgan fingerprint density at radius 2 is 1.29 bits per heavy atom. The summed E-state index contributed by atoms with van der Waals surface area (Å²) in [5.41, 5.74) is -3.21. The highest BCUT2D eigenvalue weighted by Crippen LogP contribution is 2.11. The van der Waals surface area contributed by atoms with Gasteiger partial charge in [0.1, 0.15) is 24.6 Å². The molecule has 0 radical (unpaired) electrons. The van der Waals surface area contributed by atoms with E-state index in [0.717, 1.165) is 0 Å². The first-order chi connectivity index (χ1) is 6.10. The molecule has 0 amide bonds. The van der Waals surface area contributed by atoms with Crippen molar-refractivity contribution in [2.75, 3.05) is 13.2 Å². The first-order valence-corrected chi connectivity index (χ1v) is 4.27. The third kappa shape index (κ3) is 9.22. The average Bonchev–Trinajstić information content (AvgIpc) is 1.94. The number of halogens is 2. The maximum absolute atomic E-state index is 12.8. The number of carbonyl (C=O) groups is 1.